The van der Waals surface area contributed by atoms with Gasteiger partial charge in [0.05, 0.1) is 32.5 Å². The Morgan fingerprint density at radius 1 is 1.00 bits per heavy atom. The number of methoxy groups -OCH3 is 3. The van der Waals surface area contributed by atoms with Crippen LogP contribution in [0.15, 0.2) is 54.6 Å². The fourth-order valence-electron chi connectivity index (χ4n) is 5.03. The molecule has 43 heavy (non-hydrogen) atoms. The van der Waals surface area contributed by atoms with Crippen molar-refractivity contribution in [3.05, 3.63) is 76.9 Å². The first kappa shape index (κ1) is 32.2. The van der Waals surface area contributed by atoms with Gasteiger partial charge in [-0.2, -0.15) is 0 Å². The Morgan fingerprint density at radius 2 is 1.77 bits per heavy atom. The lowest BCUT2D eigenvalue weighted by Crippen LogP contribution is -2.36. The third-order valence-electron chi connectivity index (χ3n) is 7.05. The SMILES string of the molecule is COCOc1ccc(C(=O)OC)c2c1C(=O)O[C@@H](C)CC=CC(OCc1ccc(OC)cc1)[C@H]1OC(C)(C)O[C@H]1CC=C2. The molecule has 4 rings (SSSR count). The third kappa shape index (κ3) is 8.23. The maximum Gasteiger partial charge on any atom is 0.342 e. The summed E-state index contributed by atoms with van der Waals surface area (Å²) >= 11 is 0. The van der Waals surface area contributed by atoms with Crippen molar-refractivity contribution in [1.82, 2.24) is 0 Å². The van der Waals surface area contributed by atoms with E-state index in [2.05, 4.69) is 0 Å². The van der Waals surface area contributed by atoms with Crippen molar-refractivity contribution in [3.63, 3.8) is 0 Å². The van der Waals surface area contributed by atoms with Gasteiger partial charge in [0.15, 0.2) is 12.6 Å². The van der Waals surface area contributed by atoms with Gasteiger partial charge in [-0.25, -0.2) is 9.59 Å². The molecule has 0 aromatic heterocycles. The van der Waals surface area contributed by atoms with Crippen LogP contribution < -0.4 is 9.47 Å². The van der Waals surface area contributed by atoms with Gasteiger partial charge in [-0.1, -0.05) is 36.4 Å². The number of ether oxygens (including phenoxy) is 8. The Bertz CT molecular complexity index is 1310. The molecular formula is C33H40O10. The van der Waals surface area contributed by atoms with Crippen LogP contribution >= 0.6 is 0 Å². The number of esters is 2. The standard InChI is InChI=1S/C33H40O10/c1-21-9-7-11-27(39-19-22-13-15-23(37-5)16-14-22)30-28(42-33(2,3)43-30)12-8-10-24-25(31(34)38-6)17-18-26(40-20-36-4)29(24)32(35)41-21/h7-8,10-11,13-18,21,27-28,30H,9,12,19-20H2,1-6H3/t21-,27?,28-,30+/m0/s1. The topological polar surface area (TPSA) is 108 Å². The Kier molecular flexibility index (Phi) is 11.0. The molecule has 0 spiro atoms. The third-order valence-corrected chi connectivity index (χ3v) is 7.05. The zero-order valence-corrected chi connectivity index (χ0v) is 25.5. The Morgan fingerprint density at radius 3 is 2.47 bits per heavy atom. The summed E-state index contributed by atoms with van der Waals surface area (Å²) in [4.78, 5) is 26.3. The lowest BCUT2D eigenvalue weighted by atomic mass is 9.97. The Hall–Kier alpha value is -3.70. The summed E-state index contributed by atoms with van der Waals surface area (Å²) in [6, 6.07) is 10.7. The lowest BCUT2D eigenvalue weighted by molar-refractivity contribution is -0.156. The zero-order valence-electron chi connectivity index (χ0n) is 25.5. The molecule has 2 aliphatic heterocycles. The van der Waals surface area contributed by atoms with E-state index in [1.807, 2.05) is 56.3 Å². The summed E-state index contributed by atoms with van der Waals surface area (Å²) in [5.41, 5.74) is 1.58. The molecule has 0 saturated carbocycles. The molecule has 2 heterocycles. The summed E-state index contributed by atoms with van der Waals surface area (Å²) in [6.45, 7) is 5.76. The van der Waals surface area contributed by atoms with Crippen molar-refractivity contribution in [2.45, 2.75) is 70.4 Å². The fraction of sp³-hybridized carbons (Fsp3) is 0.455. The molecule has 0 amide bonds. The molecule has 0 aliphatic carbocycles. The minimum absolute atomic E-state index is 0.0960. The highest BCUT2D eigenvalue weighted by Crippen LogP contribution is 2.35. The smallest absolute Gasteiger partial charge is 0.342 e. The molecule has 0 N–H and O–H groups in total. The molecule has 2 aromatic rings. The predicted octanol–water partition coefficient (Wildman–Crippen LogP) is 5.48. The first-order valence-corrected chi connectivity index (χ1v) is 14.2. The van der Waals surface area contributed by atoms with E-state index < -0.39 is 36.0 Å². The number of cyclic esters (lactones) is 1. The Labute approximate surface area is 252 Å². The largest absolute Gasteiger partial charge is 0.497 e. The first-order chi connectivity index (χ1) is 20.7. The normalized spacial score (nSPS) is 23.4. The van der Waals surface area contributed by atoms with Crippen LogP contribution in [0.3, 0.4) is 0 Å². The summed E-state index contributed by atoms with van der Waals surface area (Å²) in [6.07, 6.45) is 6.39. The predicted molar refractivity (Wildman–Crippen MR) is 158 cm³/mol. The van der Waals surface area contributed by atoms with E-state index in [4.69, 9.17) is 37.9 Å². The molecule has 1 fully saturated rings. The monoisotopic (exact) mass is 596 g/mol. The van der Waals surface area contributed by atoms with Gasteiger partial charge in [0, 0.05) is 19.1 Å². The quantitative estimate of drug-likeness (QED) is 0.221. The second-order valence-electron chi connectivity index (χ2n) is 10.7. The van der Waals surface area contributed by atoms with E-state index in [0.29, 0.717) is 25.0 Å². The van der Waals surface area contributed by atoms with Crippen LogP contribution in [-0.2, 0) is 35.0 Å². The van der Waals surface area contributed by atoms with Crippen molar-refractivity contribution in [2.75, 3.05) is 28.1 Å². The number of hydrogen-bond acceptors (Lipinski definition) is 10. The summed E-state index contributed by atoms with van der Waals surface area (Å²) in [7, 11) is 4.39. The van der Waals surface area contributed by atoms with Gasteiger partial charge in [-0.05, 0) is 57.0 Å². The van der Waals surface area contributed by atoms with Crippen molar-refractivity contribution in [2.24, 2.45) is 0 Å². The summed E-state index contributed by atoms with van der Waals surface area (Å²) < 4.78 is 45.9. The van der Waals surface area contributed by atoms with E-state index in [9.17, 15) is 9.59 Å². The summed E-state index contributed by atoms with van der Waals surface area (Å²) in [5.74, 6) is -1.10. The van der Waals surface area contributed by atoms with Crippen molar-refractivity contribution < 1.29 is 47.5 Å². The summed E-state index contributed by atoms with van der Waals surface area (Å²) in [5, 5.41) is 0. The molecule has 1 unspecified atom stereocenters. The number of rotatable bonds is 8. The van der Waals surface area contributed by atoms with Crippen LogP contribution in [0.4, 0.5) is 0 Å². The number of benzene rings is 2. The average Bonchev–Trinajstić information content (AvgIpc) is 3.30. The molecule has 10 heteroatoms. The molecule has 1 saturated heterocycles. The van der Waals surface area contributed by atoms with E-state index in [1.54, 1.807) is 26.2 Å². The van der Waals surface area contributed by atoms with Gasteiger partial charge in [-0.3, -0.25) is 0 Å². The van der Waals surface area contributed by atoms with Gasteiger partial charge >= 0.3 is 11.9 Å². The van der Waals surface area contributed by atoms with Gasteiger partial charge in [-0.15, -0.1) is 0 Å². The zero-order chi connectivity index (χ0) is 31.0. The highest BCUT2D eigenvalue weighted by atomic mass is 16.8. The van der Waals surface area contributed by atoms with Crippen LogP contribution in [0.2, 0.25) is 0 Å². The maximum atomic E-state index is 13.5. The first-order valence-electron chi connectivity index (χ1n) is 14.2. The molecule has 2 aliphatic rings. The van der Waals surface area contributed by atoms with Crippen LogP contribution in [-0.4, -0.2) is 70.3 Å². The molecule has 0 bridgehead atoms. The van der Waals surface area contributed by atoms with Gasteiger partial charge in [0.2, 0.25) is 0 Å². The van der Waals surface area contributed by atoms with Crippen LogP contribution in [0, 0.1) is 0 Å². The highest BCUT2D eigenvalue weighted by Gasteiger charge is 2.44. The van der Waals surface area contributed by atoms with Crippen molar-refractivity contribution in [1.29, 1.82) is 0 Å². The van der Waals surface area contributed by atoms with E-state index in [1.165, 1.54) is 20.3 Å². The average molecular weight is 597 g/mol. The highest BCUT2D eigenvalue weighted by molar-refractivity contribution is 6.03. The maximum absolute atomic E-state index is 13.5. The van der Waals surface area contributed by atoms with E-state index in [0.717, 1.165) is 11.3 Å². The molecule has 10 nitrogen and oxygen atoms in total. The van der Waals surface area contributed by atoms with E-state index in [-0.39, 0.29) is 29.8 Å². The lowest BCUT2D eigenvalue weighted by Gasteiger charge is -2.25. The van der Waals surface area contributed by atoms with Gasteiger partial charge in [0.25, 0.3) is 0 Å². The van der Waals surface area contributed by atoms with Crippen LogP contribution in [0.1, 0.15) is 65.5 Å². The molecule has 232 valence electrons. The minimum atomic E-state index is -0.852. The van der Waals surface area contributed by atoms with Crippen LogP contribution in [0.5, 0.6) is 11.5 Å². The molecule has 0 radical (unpaired) electrons. The number of carbonyl (C=O) groups excluding carboxylic acids is 2. The van der Waals surface area contributed by atoms with Gasteiger partial charge < -0.3 is 37.9 Å². The van der Waals surface area contributed by atoms with Crippen molar-refractivity contribution >= 4 is 18.0 Å². The molecule has 4 atom stereocenters. The van der Waals surface area contributed by atoms with Crippen LogP contribution in [0.25, 0.3) is 6.08 Å². The number of carbonyl (C=O) groups is 2. The number of hydrogen-bond donors (Lipinski definition) is 0. The Balaban J connectivity index is 1.71. The molecular weight excluding hydrogens is 556 g/mol. The molecule has 2 aromatic carbocycles. The van der Waals surface area contributed by atoms with E-state index >= 15 is 0 Å². The van der Waals surface area contributed by atoms with Crippen molar-refractivity contribution in [3.8, 4) is 11.5 Å². The van der Waals surface area contributed by atoms with Gasteiger partial charge in [0.1, 0.15) is 35.4 Å². The number of fused-ring (bicyclic) bond motifs is 2. The second kappa shape index (κ2) is 14.7. The second-order valence-corrected chi connectivity index (χ2v) is 10.7. The minimum Gasteiger partial charge on any atom is -0.497 e. The fourth-order valence-corrected chi connectivity index (χ4v) is 5.03.